The summed E-state index contributed by atoms with van der Waals surface area (Å²) in [5.74, 6) is -1.75. The van der Waals surface area contributed by atoms with Crippen molar-refractivity contribution >= 4 is 11.9 Å². The van der Waals surface area contributed by atoms with Gasteiger partial charge in [-0.3, -0.25) is 9.59 Å². The summed E-state index contributed by atoms with van der Waals surface area (Å²) in [6.45, 7) is 4.05. The quantitative estimate of drug-likeness (QED) is 0.744. The molecule has 2 aliphatic rings. The minimum Gasteiger partial charge on any atom is -0.481 e. The van der Waals surface area contributed by atoms with E-state index in [-0.39, 0.29) is 17.7 Å². The van der Waals surface area contributed by atoms with Gasteiger partial charge in [0, 0.05) is 13.6 Å². The van der Waals surface area contributed by atoms with Crippen LogP contribution in [0.4, 0.5) is 0 Å². The highest BCUT2D eigenvalue weighted by Crippen LogP contribution is 2.48. The summed E-state index contributed by atoms with van der Waals surface area (Å²) >= 11 is 0. The molecular formula is C13H17NO3. The number of allylic oxidation sites excluding steroid dienone is 2. The molecule has 1 saturated carbocycles. The monoisotopic (exact) mass is 235 g/mol. The van der Waals surface area contributed by atoms with Gasteiger partial charge in [0.2, 0.25) is 5.91 Å². The molecule has 92 valence electrons. The van der Waals surface area contributed by atoms with E-state index < -0.39 is 17.8 Å². The first-order valence-corrected chi connectivity index (χ1v) is 5.83. The van der Waals surface area contributed by atoms with Gasteiger partial charge in [-0.05, 0) is 18.3 Å². The van der Waals surface area contributed by atoms with Crippen LogP contribution in [0.25, 0.3) is 0 Å². The highest BCUT2D eigenvalue weighted by atomic mass is 16.4. The van der Waals surface area contributed by atoms with Crippen molar-refractivity contribution in [3.8, 4) is 0 Å². The van der Waals surface area contributed by atoms with Crippen molar-refractivity contribution in [3.05, 3.63) is 24.8 Å². The number of hydrogen-bond donors (Lipinski definition) is 1. The average Bonchev–Trinajstić information content (AvgIpc) is 2.87. The highest BCUT2D eigenvalue weighted by molar-refractivity contribution is 5.86. The van der Waals surface area contributed by atoms with Gasteiger partial charge in [-0.1, -0.05) is 18.2 Å². The van der Waals surface area contributed by atoms with Crippen molar-refractivity contribution in [1.82, 2.24) is 4.90 Å². The van der Waals surface area contributed by atoms with Crippen molar-refractivity contribution in [2.24, 2.45) is 23.7 Å². The molecule has 0 radical (unpaired) electrons. The van der Waals surface area contributed by atoms with Gasteiger partial charge >= 0.3 is 5.97 Å². The van der Waals surface area contributed by atoms with Crippen LogP contribution in [0.15, 0.2) is 24.8 Å². The van der Waals surface area contributed by atoms with Gasteiger partial charge in [-0.15, -0.1) is 6.58 Å². The van der Waals surface area contributed by atoms with E-state index in [4.69, 9.17) is 0 Å². The van der Waals surface area contributed by atoms with E-state index in [0.29, 0.717) is 6.54 Å². The number of carbonyl (C=O) groups is 2. The van der Waals surface area contributed by atoms with E-state index in [9.17, 15) is 14.7 Å². The first-order valence-electron chi connectivity index (χ1n) is 5.83. The standard InChI is InChI=1S/C13H17NO3/c1-3-6-14(2)12(15)10-8-4-5-9(7-8)11(10)13(16)17/h3-5,8-11H,1,6-7H2,2H3,(H,16,17). The lowest BCUT2D eigenvalue weighted by Gasteiger charge is -2.27. The maximum Gasteiger partial charge on any atom is 0.307 e. The Kier molecular flexibility index (Phi) is 3.05. The van der Waals surface area contributed by atoms with Crippen molar-refractivity contribution in [1.29, 1.82) is 0 Å². The van der Waals surface area contributed by atoms with Crippen LogP contribution in [0, 0.1) is 23.7 Å². The average molecular weight is 235 g/mol. The largest absolute Gasteiger partial charge is 0.481 e. The van der Waals surface area contributed by atoms with Crippen LogP contribution < -0.4 is 0 Å². The van der Waals surface area contributed by atoms with Gasteiger partial charge in [-0.25, -0.2) is 0 Å². The van der Waals surface area contributed by atoms with E-state index in [1.54, 1.807) is 18.0 Å². The third kappa shape index (κ3) is 1.88. The number of aliphatic carboxylic acids is 1. The van der Waals surface area contributed by atoms with Crippen LogP contribution in [0.5, 0.6) is 0 Å². The molecule has 0 heterocycles. The normalized spacial score (nSPS) is 33.7. The van der Waals surface area contributed by atoms with Gasteiger partial charge in [0.05, 0.1) is 11.8 Å². The molecule has 1 amide bonds. The second-order valence-electron chi connectivity index (χ2n) is 4.85. The number of carbonyl (C=O) groups excluding carboxylic acids is 1. The number of carboxylic acids is 1. The van der Waals surface area contributed by atoms with Crippen LogP contribution in [-0.4, -0.2) is 35.5 Å². The molecule has 1 fully saturated rings. The van der Waals surface area contributed by atoms with E-state index in [1.807, 2.05) is 12.2 Å². The number of likely N-dealkylation sites (N-methyl/N-ethyl adjacent to an activating group) is 1. The minimum absolute atomic E-state index is 0.0311. The van der Waals surface area contributed by atoms with Gasteiger partial charge in [0.15, 0.2) is 0 Å². The fraction of sp³-hybridized carbons (Fsp3) is 0.538. The summed E-state index contributed by atoms with van der Waals surface area (Å²) in [7, 11) is 1.69. The van der Waals surface area contributed by atoms with Crippen molar-refractivity contribution < 1.29 is 14.7 Å². The van der Waals surface area contributed by atoms with E-state index in [0.717, 1.165) is 6.42 Å². The zero-order chi connectivity index (χ0) is 12.6. The topological polar surface area (TPSA) is 57.6 Å². The molecule has 0 saturated heterocycles. The Bertz CT molecular complexity index is 388. The SMILES string of the molecule is C=CCN(C)C(=O)C1C2C=CC(C2)C1C(=O)O. The van der Waals surface area contributed by atoms with Crippen LogP contribution in [0.3, 0.4) is 0 Å². The molecule has 2 aliphatic carbocycles. The van der Waals surface area contributed by atoms with E-state index in [2.05, 4.69) is 6.58 Å². The number of carboxylic acid groups (broad SMARTS) is 1. The Morgan fingerprint density at radius 2 is 2.00 bits per heavy atom. The van der Waals surface area contributed by atoms with Crippen molar-refractivity contribution in [3.63, 3.8) is 0 Å². The molecule has 0 spiro atoms. The second kappa shape index (κ2) is 4.35. The minimum atomic E-state index is -0.854. The number of hydrogen-bond acceptors (Lipinski definition) is 2. The predicted molar refractivity (Wildman–Crippen MR) is 63.2 cm³/mol. The Morgan fingerprint density at radius 1 is 1.41 bits per heavy atom. The molecule has 2 bridgehead atoms. The molecule has 0 aliphatic heterocycles. The van der Waals surface area contributed by atoms with Crippen LogP contribution in [-0.2, 0) is 9.59 Å². The summed E-state index contributed by atoms with van der Waals surface area (Å²) in [6, 6.07) is 0. The maximum absolute atomic E-state index is 12.2. The molecule has 1 N–H and O–H groups in total. The third-order valence-electron chi connectivity index (χ3n) is 3.81. The Hall–Kier alpha value is -1.58. The van der Waals surface area contributed by atoms with E-state index >= 15 is 0 Å². The van der Waals surface area contributed by atoms with Crippen LogP contribution in [0.2, 0.25) is 0 Å². The molecule has 4 heteroatoms. The number of nitrogens with zero attached hydrogens (tertiary/aromatic N) is 1. The van der Waals surface area contributed by atoms with Crippen LogP contribution >= 0.6 is 0 Å². The lowest BCUT2D eigenvalue weighted by Crippen LogP contribution is -2.41. The summed E-state index contributed by atoms with van der Waals surface area (Å²) in [4.78, 5) is 25.0. The van der Waals surface area contributed by atoms with Gasteiger partial charge in [-0.2, -0.15) is 0 Å². The first-order chi connectivity index (χ1) is 8.06. The van der Waals surface area contributed by atoms with Gasteiger partial charge < -0.3 is 10.0 Å². The summed E-state index contributed by atoms with van der Waals surface area (Å²) in [5, 5.41) is 9.24. The fourth-order valence-electron chi connectivity index (χ4n) is 3.03. The molecule has 4 unspecified atom stereocenters. The van der Waals surface area contributed by atoms with Crippen LogP contribution in [0.1, 0.15) is 6.42 Å². The molecule has 17 heavy (non-hydrogen) atoms. The maximum atomic E-state index is 12.2. The zero-order valence-electron chi connectivity index (χ0n) is 9.87. The van der Waals surface area contributed by atoms with Crippen molar-refractivity contribution in [2.45, 2.75) is 6.42 Å². The molecule has 0 aromatic rings. The molecule has 0 aromatic heterocycles. The Labute approximate surface area is 101 Å². The van der Waals surface area contributed by atoms with E-state index in [1.165, 1.54) is 0 Å². The van der Waals surface area contributed by atoms with Crippen molar-refractivity contribution in [2.75, 3.05) is 13.6 Å². The van der Waals surface area contributed by atoms with Gasteiger partial charge in [0.25, 0.3) is 0 Å². The molecule has 0 aromatic carbocycles. The molecule has 4 atom stereocenters. The lowest BCUT2D eigenvalue weighted by molar-refractivity contribution is -0.150. The summed E-state index contributed by atoms with van der Waals surface area (Å²) < 4.78 is 0. The Balaban J connectivity index is 2.19. The number of fused-ring (bicyclic) bond motifs is 2. The zero-order valence-corrected chi connectivity index (χ0v) is 9.87. The molecule has 4 nitrogen and oxygen atoms in total. The first kappa shape index (κ1) is 11.9. The second-order valence-corrected chi connectivity index (χ2v) is 4.85. The highest BCUT2D eigenvalue weighted by Gasteiger charge is 2.52. The number of rotatable bonds is 4. The molecule has 2 rings (SSSR count). The predicted octanol–water partition coefficient (Wildman–Crippen LogP) is 1.15. The summed E-state index contributed by atoms with van der Waals surface area (Å²) in [6.07, 6.45) is 6.39. The Morgan fingerprint density at radius 3 is 2.53 bits per heavy atom. The fourth-order valence-corrected chi connectivity index (χ4v) is 3.03. The molecular weight excluding hydrogens is 218 g/mol. The van der Waals surface area contributed by atoms with Gasteiger partial charge in [0.1, 0.15) is 0 Å². The smallest absolute Gasteiger partial charge is 0.307 e. The lowest BCUT2D eigenvalue weighted by atomic mass is 9.82. The number of amides is 1. The third-order valence-corrected chi connectivity index (χ3v) is 3.81. The summed E-state index contributed by atoms with van der Waals surface area (Å²) in [5.41, 5.74) is 0.